The Bertz CT molecular complexity index is 1370. The number of carboxylic acid groups (broad SMARTS) is 1. The highest BCUT2D eigenvalue weighted by Gasteiger charge is 2.16. The summed E-state index contributed by atoms with van der Waals surface area (Å²) in [6.45, 7) is 6.33. The maximum atomic E-state index is 12.8. The fraction of sp³-hybridized carbons (Fsp3) is 0.138. The Labute approximate surface area is 220 Å². The van der Waals surface area contributed by atoms with Crippen molar-refractivity contribution in [2.45, 2.75) is 20.0 Å². The monoisotopic (exact) mass is 516 g/mol. The van der Waals surface area contributed by atoms with Crippen molar-refractivity contribution in [2.75, 3.05) is 11.9 Å². The normalized spacial score (nSPS) is 10.8. The number of allylic oxidation sites excluding steroid dienone is 1. The van der Waals surface area contributed by atoms with Crippen molar-refractivity contribution >= 4 is 35.2 Å². The van der Waals surface area contributed by atoms with Gasteiger partial charge in [-0.25, -0.2) is 4.79 Å². The summed E-state index contributed by atoms with van der Waals surface area (Å²) in [7, 11) is 0. The van der Waals surface area contributed by atoms with Gasteiger partial charge in [0, 0.05) is 16.3 Å². The number of carbonyl (C=O) groups excluding carboxylic acids is 1. The van der Waals surface area contributed by atoms with Crippen LogP contribution in [0.2, 0.25) is 5.02 Å². The van der Waals surface area contributed by atoms with Gasteiger partial charge in [-0.05, 0) is 73.0 Å². The van der Waals surface area contributed by atoms with Crippen LogP contribution in [0.3, 0.4) is 0 Å². The molecule has 3 rings (SSSR count). The lowest BCUT2D eigenvalue weighted by atomic mass is 10.0. The van der Waals surface area contributed by atoms with Crippen molar-refractivity contribution in [1.29, 1.82) is 5.26 Å². The summed E-state index contributed by atoms with van der Waals surface area (Å²) in [5.41, 5.74) is 2.38. The number of hydrogen-bond donors (Lipinski definition) is 2. The number of nitrogens with zero attached hydrogens (tertiary/aromatic N) is 1. The molecule has 0 saturated heterocycles. The fourth-order valence-corrected chi connectivity index (χ4v) is 3.61. The summed E-state index contributed by atoms with van der Waals surface area (Å²) >= 11 is 5.97. The van der Waals surface area contributed by atoms with E-state index < -0.39 is 11.9 Å². The van der Waals surface area contributed by atoms with E-state index in [1.165, 1.54) is 24.3 Å². The summed E-state index contributed by atoms with van der Waals surface area (Å²) in [6, 6.07) is 18.5. The molecule has 1 amide bonds. The number of carbonyl (C=O) groups is 2. The first-order chi connectivity index (χ1) is 17.8. The molecular weight excluding hydrogens is 492 g/mol. The molecule has 3 aromatic rings. The zero-order chi connectivity index (χ0) is 26.8. The van der Waals surface area contributed by atoms with Gasteiger partial charge in [0.1, 0.15) is 18.2 Å². The van der Waals surface area contributed by atoms with Crippen LogP contribution in [0, 0.1) is 11.3 Å². The zero-order valence-corrected chi connectivity index (χ0v) is 20.9. The van der Waals surface area contributed by atoms with Crippen LogP contribution in [-0.4, -0.2) is 23.6 Å². The maximum absolute atomic E-state index is 12.8. The molecule has 0 aliphatic rings. The van der Waals surface area contributed by atoms with Crippen LogP contribution in [0.25, 0.3) is 6.08 Å². The molecule has 188 valence electrons. The lowest BCUT2D eigenvalue weighted by molar-refractivity contribution is -0.112. The molecule has 0 atom stereocenters. The number of amides is 1. The standard InChI is InChI=1S/C29H25ClN2O5/c1-3-6-21-13-20(14-23(17-31)28(33)32-25-8-5-7-22(16-25)29(34)35)15-26(36-4-2)27(21)37-18-19-9-11-24(30)12-10-19/h3,5,7-16H,1,4,6,18H2,2H3,(H,32,33)(H,34,35)/b23-14-. The Morgan fingerprint density at radius 2 is 1.89 bits per heavy atom. The molecule has 0 bridgehead atoms. The van der Waals surface area contributed by atoms with Gasteiger partial charge in [0.25, 0.3) is 5.91 Å². The average molecular weight is 517 g/mol. The maximum Gasteiger partial charge on any atom is 0.335 e. The van der Waals surface area contributed by atoms with Gasteiger partial charge in [-0.15, -0.1) is 6.58 Å². The number of rotatable bonds is 11. The van der Waals surface area contributed by atoms with Crippen molar-refractivity contribution < 1.29 is 24.2 Å². The lowest BCUT2D eigenvalue weighted by Crippen LogP contribution is -2.14. The van der Waals surface area contributed by atoms with Gasteiger partial charge >= 0.3 is 5.97 Å². The summed E-state index contributed by atoms with van der Waals surface area (Å²) in [4.78, 5) is 24.0. The van der Waals surface area contributed by atoms with E-state index in [0.29, 0.717) is 35.1 Å². The SMILES string of the molecule is C=CCc1cc(/C=C(/C#N)C(=O)Nc2cccc(C(=O)O)c2)cc(OCC)c1OCc1ccc(Cl)cc1. The lowest BCUT2D eigenvalue weighted by Gasteiger charge is -2.17. The number of ether oxygens (including phenoxy) is 2. The van der Waals surface area contributed by atoms with Crippen LogP contribution in [0.15, 0.2) is 78.9 Å². The van der Waals surface area contributed by atoms with E-state index in [2.05, 4.69) is 11.9 Å². The number of nitrogens with one attached hydrogen (secondary N) is 1. The number of aromatic carboxylic acids is 1. The Kier molecular flexibility index (Phi) is 9.48. The number of halogens is 1. The van der Waals surface area contributed by atoms with Crippen molar-refractivity contribution in [3.8, 4) is 17.6 Å². The topological polar surface area (TPSA) is 109 Å². The molecule has 0 saturated carbocycles. The molecule has 37 heavy (non-hydrogen) atoms. The zero-order valence-electron chi connectivity index (χ0n) is 20.2. The first kappa shape index (κ1) is 27.1. The molecule has 0 spiro atoms. The van der Waals surface area contributed by atoms with Gasteiger partial charge in [0.15, 0.2) is 11.5 Å². The Morgan fingerprint density at radius 1 is 1.14 bits per heavy atom. The highest BCUT2D eigenvalue weighted by Crippen LogP contribution is 2.35. The third-order valence-corrected chi connectivity index (χ3v) is 5.41. The van der Waals surface area contributed by atoms with Crippen molar-refractivity contribution in [1.82, 2.24) is 0 Å². The summed E-state index contributed by atoms with van der Waals surface area (Å²) in [5.74, 6) is -0.781. The third kappa shape index (κ3) is 7.47. The summed E-state index contributed by atoms with van der Waals surface area (Å²) in [5, 5.41) is 22.0. The van der Waals surface area contributed by atoms with E-state index in [0.717, 1.165) is 11.1 Å². The van der Waals surface area contributed by atoms with E-state index in [4.69, 9.17) is 26.2 Å². The van der Waals surface area contributed by atoms with E-state index in [1.807, 2.05) is 25.1 Å². The van der Waals surface area contributed by atoms with Crippen molar-refractivity contribution in [3.05, 3.63) is 106 Å². The van der Waals surface area contributed by atoms with Crippen molar-refractivity contribution in [3.63, 3.8) is 0 Å². The number of nitriles is 1. The Morgan fingerprint density at radius 3 is 2.54 bits per heavy atom. The van der Waals surface area contributed by atoms with Crippen LogP contribution in [0.1, 0.15) is 34.0 Å². The second kappa shape index (κ2) is 13.0. The van der Waals surface area contributed by atoms with Crippen molar-refractivity contribution in [2.24, 2.45) is 0 Å². The second-order valence-corrected chi connectivity index (χ2v) is 8.29. The Balaban J connectivity index is 1.92. The van der Waals surface area contributed by atoms with Crippen LogP contribution in [0.4, 0.5) is 5.69 Å². The van der Waals surface area contributed by atoms with Gasteiger partial charge in [0.05, 0.1) is 12.2 Å². The van der Waals surface area contributed by atoms with Crippen LogP contribution in [-0.2, 0) is 17.8 Å². The van der Waals surface area contributed by atoms with Gasteiger partial charge in [-0.3, -0.25) is 4.79 Å². The van der Waals surface area contributed by atoms with Gasteiger partial charge in [-0.2, -0.15) is 5.26 Å². The van der Waals surface area contributed by atoms with Crippen LogP contribution >= 0.6 is 11.6 Å². The first-order valence-electron chi connectivity index (χ1n) is 11.4. The van der Waals surface area contributed by atoms with E-state index in [1.54, 1.807) is 36.4 Å². The smallest absolute Gasteiger partial charge is 0.335 e. The average Bonchev–Trinajstić information content (AvgIpc) is 2.88. The number of carboxylic acids is 1. The fourth-order valence-electron chi connectivity index (χ4n) is 3.48. The highest BCUT2D eigenvalue weighted by molar-refractivity contribution is 6.30. The highest BCUT2D eigenvalue weighted by atomic mass is 35.5. The molecule has 0 aromatic heterocycles. The van der Waals surface area contributed by atoms with Crippen LogP contribution in [0.5, 0.6) is 11.5 Å². The summed E-state index contributed by atoms with van der Waals surface area (Å²) in [6.07, 6.45) is 3.63. The minimum atomic E-state index is -1.12. The molecule has 7 nitrogen and oxygen atoms in total. The Hall–Kier alpha value is -4.54. The molecule has 0 unspecified atom stereocenters. The van der Waals surface area contributed by atoms with E-state index in [-0.39, 0.29) is 23.4 Å². The number of benzene rings is 3. The quantitative estimate of drug-likeness (QED) is 0.176. The predicted octanol–water partition coefficient (Wildman–Crippen LogP) is 6.29. The molecule has 2 N–H and O–H groups in total. The number of hydrogen-bond acceptors (Lipinski definition) is 5. The minimum Gasteiger partial charge on any atom is -0.490 e. The minimum absolute atomic E-state index is 0.0184. The van der Waals surface area contributed by atoms with E-state index >= 15 is 0 Å². The summed E-state index contributed by atoms with van der Waals surface area (Å²) < 4.78 is 11.9. The van der Waals surface area contributed by atoms with Gasteiger partial charge in [-0.1, -0.05) is 35.9 Å². The molecule has 8 heteroatoms. The molecule has 0 heterocycles. The molecule has 0 fully saturated rings. The second-order valence-electron chi connectivity index (χ2n) is 7.86. The molecule has 0 aliphatic heterocycles. The predicted molar refractivity (Wildman–Crippen MR) is 143 cm³/mol. The molecule has 0 radical (unpaired) electrons. The van der Waals surface area contributed by atoms with Gasteiger partial charge in [0.2, 0.25) is 0 Å². The largest absolute Gasteiger partial charge is 0.490 e. The van der Waals surface area contributed by atoms with E-state index in [9.17, 15) is 14.9 Å². The number of anilines is 1. The molecule has 0 aliphatic carbocycles. The van der Waals surface area contributed by atoms with Gasteiger partial charge < -0.3 is 19.9 Å². The first-order valence-corrected chi connectivity index (χ1v) is 11.8. The third-order valence-electron chi connectivity index (χ3n) is 5.16. The molecular formula is C29H25ClN2O5. The molecule has 3 aromatic carbocycles. The van der Waals surface area contributed by atoms with Crippen LogP contribution < -0.4 is 14.8 Å².